The molecule has 4 nitrogen and oxygen atoms in total. The third-order valence-electron chi connectivity index (χ3n) is 2.33. The van der Waals surface area contributed by atoms with Gasteiger partial charge in [0.2, 0.25) is 0 Å². The highest BCUT2D eigenvalue weighted by molar-refractivity contribution is 5.68. The number of likely N-dealkylation sites (tertiary alicyclic amines) is 1. The molecule has 1 aliphatic rings. The Morgan fingerprint density at radius 2 is 2.36 bits per heavy atom. The number of piperidine rings is 1. The molecule has 0 bridgehead atoms. The minimum absolute atomic E-state index is 0.283. The molecule has 1 rings (SSSR count). The van der Waals surface area contributed by atoms with Crippen LogP contribution in [0.3, 0.4) is 0 Å². The van der Waals surface area contributed by atoms with Crippen LogP contribution >= 0.6 is 0 Å². The maximum absolute atomic E-state index is 13.1. The number of hydrogen-bond acceptors (Lipinski definition) is 3. The van der Waals surface area contributed by atoms with Crippen LogP contribution in [0.1, 0.15) is 13.3 Å². The maximum atomic E-state index is 13.1. The number of carboxylic acids is 1. The van der Waals surface area contributed by atoms with Gasteiger partial charge in [0.1, 0.15) is 12.8 Å². The highest BCUT2D eigenvalue weighted by Crippen LogP contribution is 2.15. The molecule has 2 unspecified atom stereocenters. The average Bonchev–Trinajstić information content (AvgIpc) is 2.14. The van der Waals surface area contributed by atoms with Crippen molar-refractivity contribution in [3.05, 3.63) is 0 Å². The number of halogens is 1. The Balaban J connectivity index is 2.33. The minimum atomic E-state index is -1.01. The summed E-state index contributed by atoms with van der Waals surface area (Å²) < 4.78 is 18.2. The fourth-order valence-corrected chi connectivity index (χ4v) is 1.65. The van der Waals surface area contributed by atoms with Crippen LogP contribution in [-0.2, 0) is 9.53 Å². The van der Waals surface area contributed by atoms with Crippen molar-refractivity contribution < 1.29 is 19.0 Å². The van der Waals surface area contributed by atoms with Crippen molar-refractivity contribution in [1.82, 2.24) is 4.90 Å². The van der Waals surface area contributed by atoms with Gasteiger partial charge in [-0.1, -0.05) is 6.92 Å². The van der Waals surface area contributed by atoms with Crippen molar-refractivity contribution in [2.75, 3.05) is 26.2 Å². The molecule has 0 saturated carbocycles. The van der Waals surface area contributed by atoms with Gasteiger partial charge in [0.05, 0.1) is 6.10 Å². The number of carboxylic acid groups (broad SMARTS) is 1. The number of aliphatic carboxylic acids is 1. The van der Waals surface area contributed by atoms with Gasteiger partial charge in [0, 0.05) is 19.5 Å². The van der Waals surface area contributed by atoms with Crippen molar-refractivity contribution in [2.24, 2.45) is 0 Å². The topological polar surface area (TPSA) is 49.8 Å². The van der Waals surface area contributed by atoms with E-state index in [1.54, 1.807) is 0 Å². The van der Waals surface area contributed by atoms with Crippen LogP contribution < -0.4 is 0 Å². The van der Waals surface area contributed by atoms with Gasteiger partial charge in [-0.3, -0.25) is 4.90 Å². The highest BCUT2D eigenvalue weighted by Gasteiger charge is 2.26. The zero-order valence-corrected chi connectivity index (χ0v) is 8.28. The van der Waals surface area contributed by atoms with Crippen molar-refractivity contribution in [2.45, 2.75) is 25.6 Å². The molecule has 1 fully saturated rings. The van der Waals surface area contributed by atoms with Crippen molar-refractivity contribution in [3.63, 3.8) is 0 Å². The van der Waals surface area contributed by atoms with Gasteiger partial charge < -0.3 is 9.84 Å². The molecule has 0 aromatic rings. The number of ether oxygens (including phenoxy) is 1. The summed E-state index contributed by atoms with van der Waals surface area (Å²) in [5.41, 5.74) is 0. The summed E-state index contributed by atoms with van der Waals surface area (Å²) in [6, 6.07) is 0. The van der Waals surface area contributed by atoms with Crippen LogP contribution in [0, 0.1) is 0 Å². The zero-order chi connectivity index (χ0) is 10.6. The first kappa shape index (κ1) is 11.4. The lowest BCUT2D eigenvalue weighted by molar-refractivity contribution is -0.146. The van der Waals surface area contributed by atoms with Gasteiger partial charge in [-0.2, -0.15) is 0 Å². The van der Waals surface area contributed by atoms with Crippen LogP contribution in [-0.4, -0.2) is 54.5 Å². The first-order chi connectivity index (χ1) is 6.61. The Bertz CT molecular complexity index is 200. The van der Waals surface area contributed by atoms with Crippen LogP contribution in [0.5, 0.6) is 0 Å². The fraction of sp³-hybridized carbons (Fsp3) is 0.889. The zero-order valence-electron chi connectivity index (χ0n) is 8.28. The molecule has 1 N–H and O–H groups in total. The summed E-state index contributed by atoms with van der Waals surface area (Å²) in [5.74, 6) is -1.01. The van der Waals surface area contributed by atoms with E-state index in [0.29, 0.717) is 19.5 Å². The minimum Gasteiger partial charge on any atom is -0.480 e. The highest BCUT2D eigenvalue weighted by atomic mass is 19.1. The summed E-state index contributed by atoms with van der Waals surface area (Å²) in [4.78, 5) is 12.2. The number of rotatable bonds is 4. The molecule has 82 valence electrons. The molecule has 0 amide bonds. The molecule has 1 saturated heterocycles. The number of alkyl halides is 1. The summed E-state index contributed by atoms with van der Waals surface area (Å²) in [7, 11) is 0. The first-order valence-electron chi connectivity index (χ1n) is 4.81. The van der Waals surface area contributed by atoms with E-state index in [-0.39, 0.29) is 12.7 Å². The lowest BCUT2D eigenvalue weighted by Gasteiger charge is -2.33. The van der Waals surface area contributed by atoms with E-state index in [2.05, 4.69) is 0 Å². The van der Waals surface area contributed by atoms with Crippen LogP contribution in [0.25, 0.3) is 0 Å². The fourth-order valence-electron chi connectivity index (χ4n) is 1.65. The first-order valence-corrected chi connectivity index (χ1v) is 4.81. The largest absolute Gasteiger partial charge is 0.480 e. The molecule has 1 aliphatic heterocycles. The molecule has 0 radical (unpaired) electrons. The quantitative estimate of drug-likeness (QED) is 0.727. The molecule has 5 heteroatoms. The third kappa shape index (κ3) is 3.59. The molecular weight excluding hydrogens is 189 g/mol. The summed E-state index contributed by atoms with van der Waals surface area (Å²) >= 11 is 0. The number of carbonyl (C=O) groups is 1. The number of hydrogen-bond donors (Lipinski definition) is 1. The second-order valence-corrected chi connectivity index (χ2v) is 3.51. The Kier molecular flexibility index (Phi) is 4.28. The molecular formula is C9H16FNO3. The van der Waals surface area contributed by atoms with Crippen LogP contribution in [0.4, 0.5) is 4.39 Å². The summed E-state index contributed by atoms with van der Waals surface area (Å²) in [6.45, 7) is 3.45. The van der Waals surface area contributed by atoms with Crippen LogP contribution in [0.15, 0.2) is 0 Å². The van der Waals surface area contributed by atoms with E-state index < -0.39 is 12.1 Å². The molecule has 0 aromatic carbocycles. The van der Waals surface area contributed by atoms with E-state index in [4.69, 9.17) is 9.84 Å². The van der Waals surface area contributed by atoms with E-state index in [0.717, 1.165) is 6.54 Å². The second kappa shape index (κ2) is 5.26. The lowest BCUT2D eigenvalue weighted by atomic mass is 10.1. The van der Waals surface area contributed by atoms with Gasteiger partial charge in [-0.25, -0.2) is 9.18 Å². The van der Waals surface area contributed by atoms with E-state index >= 15 is 0 Å². The predicted octanol–water partition coefficient (Wildman–Crippen LogP) is 0.520. The molecule has 0 spiro atoms. The van der Waals surface area contributed by atoms with Crippen LogP contribution in [0.2, 0.25) is 0 Å². The monoisotopic (exact) mass is 205 g/mol. The molecule has 0 aromatic heterocycles. The molecule has 2 atom stereocenters. The Morgan fingerprint density at radius 1 is 1.64 bits per heavy atom. The smallest absolute Gasteiger partial charge is 0.329 e. The number of likely N-dealkylation sites (N-methyl/N-ethyl adjacent to an activating group) is 1. The Morgan fingerprint density at radius 3 is 2.93 bits per heavy atom. The molecule has 14 heavy (non-hydrogen) atoms. The Hall–Kier alpha value is -0.680. The van der Waals surface area contributed by atoms with E-state index in [9.17, 15) is 9.18 Å². The average molecular weight is 205 g/mol. The SMILES string of the molecule is CCN1CC(F)CC(OCC(=O)O)C1. The second-order valence-electron chi connectivity index (χ2n) is 3.51. The van der Waals surface area contributed by atoms with Crippen molar-refractivity contribution in [1.29, 1.82) is 0 Å². The van der Waals surface area contributed by atoms with Gasteiger partial charge in [0.25, 0.3) is 0 Å². The standard InChI is InChI=1S/C9H16FNO3/c1-2-11-4-7(10)3-8(5-11)14-6-9(12)13/h7-8H,2-6H2,1H3,(H,12,13). The van der Waals surface area contributed by atoms with Gasteiger partial charge >= 0.3 is 5.97 Å². The van der Waals surface area contributed by atoms with E-state index in [1.807, 2.05) is 11.8 Å². The summed E-state index contributed by atoms with van der Waals surface area (Å²) in [5, 5.41) is 8.40. The predicted molar refractivity (Wildman–Crippen MR) is 49.0 cm³/mol. The van der Waals surface area contributed by atoms with Gasteiger partial charge in [-0.15, -0.1) is 0 Å². The Labute approximate surface area is 82.6 Å². The normalized spacial score (nSPS) is 29.0. The van der Waals surface area contributed by atoms with Crippen molar-refractivity contribution in [3.8, 4) is 0 Å². The molecule has 1 heterocycles. The lowest BCUT2D eigenvalue weighted by Crippen LogP contribution is -2.45. The molecule has 0 aliphatic carbocycles. The number of nitrogens with zero attached hydrogens (tertiary/aromatic N) is 1. The maximum Gasteiger partial charge on any atom is 0.329 e. The summed E-state index contributed by atoms with van der Waals surface area (Å²) in [6.07, 6.45) is -0.874. The van der Waals surface area contributed by atoms with Gasteiger partial charge in [-0.05, 0) is 6.54 Å². The van der Waals surface area contributed by atoms with Gasteiger partial charge in [0.15, 0.2) is 0 Å². The third-order valence-corrected chi connectivity index (χ3v) is 2.33. The van der Waals surface area contributed by atoms with E-state index in [1.165, 1.54) is 0 Å². The van der Waals surface area contributed by atoms with Crippen molar-refractivity contribution >= 4 is 5.97 Å².